The molecular formula is C20H24ClN3S. The van der Waals surface area contributed by atoms with Crippen molar-refractivity contribution in [3.63, 3.8) is 0 Å². The standard InChI is InChI=1S/C20H24N3S.ClH/c1-14(2)17-11-8-12-18(15(3)4)19(17)23-13-24-20(22-23)21-16-9-6-5-7-10-16;/h5-15H,1-4H3,(H,21,22);1H/q+1;/p-1. The number of para-hydroxylation sites is 2. The zero-order chi connectivity index (χ0) is 17.1. The van der Waals surface area contributed by atoms with Crippen LogP contribution in [0.15, 0.2) is 54.0 Å². The van der Waals surface area contributed by atoms with Crippen LogP contribution in [0.25, 0.3) is 5.69 Å². The molecule has 0 saturated carbocycles. The first-order valence-corrected chi connectivity index (χ1v) is 9.27. The predicted octanol–water partition coefficient (Wildman–Crippen LogP) is 2.41. The fourth-order valence-electron chi connectivity index (χ4n) is 2.82. The van der Waals surface area contributed by atoms with Crippen molar-refractivity contribution in [3.05, 3.63) is 65.2 Å². The van der Waals surface area contributed by atoms with E-state index in [1.165, 1.54) is 16.8 Å². The van der Waals surface area contributed by atoms with Crippen LogP contribution in [0.3, 0.4) is 0 Å². The third-order valence-corrected chi connectivity index (χ3v) is 4.77. The quantitative estimate of drug-likeness (QED) is 0.696. The Morgan fingerprint density at radius 2 is 1.48 bits per heavy atom. The van der Waals surface area contributed by atoms with Crippen LogP contribution in [0.1, 0.15) is 50.7 Å². The van der Waals surface area contributed by atoms with Crippen LogP contribution in [0.5, 0.6) is 0 Å². The molecule has 0 spiro atoms. The molecule has 0 aliphatic heterocycles. The number of hydrogen-bond acceptors (Lipinski definition) is 3. The molecule has 0 amide bonds. The highest BCUT2D eigenvalue weighted by Crippen LogP contribution is 2.28. The van der Waals surface area contributed by atoms with Gasteiger partial charge in [-0.15, -0.1) is 0 Å². The van der Waals surface area contributed by atoms with Gasteiger partial charge in [0.1, 0.15) is 0 Å². The largest absolute Gasteiger partial charge is 1.00 e. The summed E-state index contributed by atoms with van der Waals surface area (Å²) >= 11 is 1.62. The summed E-state index contributed by atoms with van der Waals surface area (Å²) in [5.41, 5.74) is 7.03. The minimum Gasteiger partial charge on any atom is -1.00 e. The fraction of sp³-hybridized carbons (Fsp3) is 0.300. The Hall–Kier alpha value is -1.91. The van der Waals surface area contributed by atoms with Crippen molar-refractivity contribution < 1.29 is 17.1 Å². The van der Waals surface area contributed by atoms with Crippen LogP contribution in [0, 0.1) is 0 Å². The van der Waals surface area contributed by atoms with E-state index in [1.807, 2.05) is 35.0 Å². The van der Waals surface area contributed by atoms with Crippen LogP contribution >= 0.6 is 11.3 Å². The molecule has 132 valence electrons. The summed E-state index contributed by atoms with van der Waals surface area (Å²) in [7, 11) is 0. The van der Waals surface area contributed by atoms with Gasteiger partial charge in [0.05, 0.1) is 0 Å². The molecule has 1 heterocycles. The van der Waals surface area contributed by atoms with Crippen molar-refractivity contribution in [2.24, 2.45) is 0 Å². The zero-order valence-electron chi connectivity index (χ0n) is 15.0. The van der Waals surface area contributed by atoms with Crippen LogP contribution in [-0.4, -0.2) is 5.10 Å². The molecule has 0 unspecified atom stereocenters. The number of benzene rings is 2. The molecule has 3 rings (SSSR count). The summed E-state index contributed by atoms with van der Waals surface area (Å²) in [5.74, 6) is 0.914. The highest BCUT2D eigenvalue weighted by atomic mass is 35.5. The van der Waals surface area contributed by atoms with Crippen molar-refractivity contribution in [2.75, 3.05) is 5.32 Å². The van der Waals surface area contributed by atoms with Gasteiger partial charge in [0.2, 0.25) is 5.69 Å². The molecule has 0 bridgehead atoms. The lowest BCUT2D eigenvalue weighted by Crippen LogP contribution is -3.00. The van der Waals surface area contributed by atoms with Gasteiger partial charge in [-0.3, -0.25) is 0 Å². The smallest absolute Gasteiger partial charge is 0.261 e. The summed E-state index contributed by atoms with van der Waals surface area (Å²) < 4.78 is 2.03. The fourth-order valence-corrected chi connectivity index (χ4v) is 3.49. The first-order chi connectivity index (χ1) is 11.6. The summed E-state index contributed by atoms with van der Waals surface area (Å²) in [6.07, 6.45) is 0. The Balaban J connectivity index is 0.00000225. The van der Waals surface area contributed by atoms with E-state index in [2.05, 4.69) is 56.7 Å². The summed E-state index contributed by atoms with van der Waals surface area (Å²) in [4.78, 5) is 0. The molecule has 0 aliphatic rings. The van der Waals surface area contributed by atoms with Crippen molar-refractivity contribution in [2.45, 2.75) is 39.5 Å². The lowest BCUT2D eigenvalue weighted by molar-refractivity contribution is -0.653. The van der Waals surface area contributed by atoms with Gasteiger partial charge in [0.15, 0.2) is 0 Å². The summed E-state index contributed by atoms with van der Waals surface area (Å²) in [6.45, 7) is 8.94. The van der Waals surface area contributed by atoms with Gasteiger partial charge in [0, 0.05) is 21.9 Å². The SMILES string of the molecule is CC(C)c1cccc(C(C)C)c1-[n+]1csc(Nc2ccccc2)n1.[Cl-]. The Morgan fingerprint density at radius 3 is 2.04 bits per heavy atom. The highest BCUT2D eigenvalue weighted by molar-refractivity contribution is 7.13. The molecule has 0 atom stereocenters. The van der Waals surface area contributed by atoms with Crippen molar-refractivity contribution in [1.82, 2.24) is 5.10 Å². The number of rotatable bonds is 5. The van der Waals surface area contributed by atoms with Crippen molar-refractivity contribution in [3.8, 4) is 5.69 Å². The molecule has 3 nitrogen and oxygen atoms in total. The molecule has 1 aromatic heterocycles. The lowest BCUT2D eigenvalue weighted by Gasteiger charge is -2.12. The maximum Gasteiger partial charge on any atom is 0.261 e. The Kier molecular flexibility index (Phi) is 6.57. The molecule has 0 fully saturated rings. The third kappa shape index (κ3) is 4.39. The van der Waals surface area contributed by atoms with E-state index in [1.54, 1.807) is 11.3 Å². The van der Waals surface area contributed by atoms with Gasteiger partial charge in [-0.05, 0) is 40.0 Å². The summed E-state index contributed by atoms with van der Waals surface area (Å²) in [6, 6.07) is 16.7. The first kappa shape index (κ1) is 19.4. The number of anilines is 2. The second kappa shape index (κ2) is 8.45. The zero-order valence-corrected chi connectivity index (χ0v) is 16.6. The van der Waals surface area contributed by atoms with Crippen LogP contribution in [-0.2, 0) is 0 Å². The van der Waals surface area contributed by atoms with E-state index in [4.69, 9.17) is 5.10 Å². The third-order valence-electron chi connectivity index (χ3n) is 4.06. The number of hydrogen-bond donors (Lipinski definition) is 1. The van der Waals surface area contributed by atoms with Crippen molar-refractivity contribution in [1.29, 1.82) is 0 Å². The van der Waals surface area contributed by atoms with Gasteiger partial charge < -0.3 is 17.7 Å². The number of halogens is 1. The van der Waals surface area contributed by atoms with Gasteiger partial charge in [-0.25, -0.2) is 0 Å². The molecular weight excluding hydrogens is 350 g/mol. The van der Waals surface area contributed by atoms with E-state index >= 15 is 0 Å². The molecule has 2 aromatic carbocycles. The second-order valence-electron chi connectivity index (χ2n) is 6.56. The Labute approximate surface area is 160 Å². The highest BCUT2D eigenvalue weighted by Gasteiger charge is 2.25. The van der Waals surface area contributed by atoms with Gasteiger partial charge >= 0.3 is 0 Å². The van der Waals surface area contributed by atoms with Gasteiger partial charge in [-0.2, -0.15) is 0 Å². The predicted molar refractivity (Wildman–Crippen MR) is 102 cm³/mol. The van der Waals surface area contributed by atoms with Gasteiger partial charge in [0.25, 0.3) is 10.6 Å². The maximum atomic E-state index is 4.79. The van der Waals surface area contributed by atoms with Crippen LogP contribution in [0.2, 0.25) is 0 Å². The van der Waals surface area contributed by atoms with Crippen LogP contribution < -0.4 is 22.4 Å². The number of nitrogens with one attached hydrogen (secondary N) is 1. The minimum absolute atomic E-state index is 0. The molecule has 0 radical (unpaired) electrons. The van der Waals surface area contributed by atoms with E-state index in [0.29, 0.717) is 11.8 Å². The minimum atomic E-state index is 0. The number of nitrogens with zero attached hydrogens (tertiary/aromatic N) is 2. The number of aromatic nitrogens is 2. The molecule has 0 saturated heterocycles. The Bertz CT molecular complexity index is 787. The first-order valence-electron chi connectivity index (χ1n) is 8.39. The average Bonchev–Trinajstić information content (AvgIpc) is 3.03. The Morgan fingerprint density at radius 1 is 0.880 bits per heavy atom. The van der Waals surface area contributed by atoms with Gasteiger partial charge in [-0.1, -0.05) is 64.1 Å². The second-order valence-corrected chi connectivity index (χ2v) is 7.39. The monoisotopic (exact) mass is 373 g/mol. The molecule has 1 N–H and O–H groups in total. The average molecular weight is 374 g/mol. The van der Waals surface area contributed by atoms with E-state index in [0.717, 1.165) is 10.8 Å². The normalized spacial score (nSPS) is 10.8. The lowest BCUT2D eigenvalue weighted by atomic mass is 9.93. The van der Waals surface area contributed by atoms with Crippen LogP contribution in [0.4, 0.5) is 10.8 Å². The van der Waals surface area contributed by atoms with E-state index < -0.39 is 0 Å². The van der Waals surface area contributed by atoms with Crippen molar-refractivity contribution >= 4 is 22.2 Å². The topological polar surface area (TPSA) is 28.8 Å². The van der Waals surface area contributed by atoms with E-state index in [9.17, 15) is 0 Å². The summed E-state index contributed by atoms with van der Waals surface area (Å²) in [5, 5.41) is 9.06. The molecule has 3 aromatic rings. The maximum absolute atomic E-state index is 4.79. The molecule has 5 heteroatoms. The molecule has 25 heavy (non-hydrogen) atoms. The van der Waals surface area contributed by atoms with E-state index in [-0.39, 0.29) is 12.4 Å². The molecule has 0 aliphatic carbocycles.